The van der Waals surface area contributed by atoms with Crippen molar-refractivity contribution >= 4 is 12.4 Å². The lowest BCUT2D eigenvalue weighted by Gasteiger charge is -2.23. The minimum atomic E-state index is -0.612. The topological polar surface area (TPSA) is 55.4 Å². The monoisotopic (exact) mass is 267 g/mol. The van der Waals surface area contributed by atoms with Gasteiger partial charge in [-0.3, -0.25) is 0 Å². The standard InChI is InChI=1S/C14H18FNO3/c1-14(2,3)19-13(18)16-12(8-9-17)10-4-6-11(15)7-5-10/h4-7,9,12H,8H2,1-3H3,(H,16,18). The third kappa shape index (κ3) is 5.50. The first kappa shape index (κ1) is 15.1. The van der Waals surface area contributed by atoms with Crippen molar-refractivity contribution in [2.75, 3.05) is 0 Å². The predicted molar refractivity (Wildman–Crippen MR) is 69.2 cm³/mol. The number of hydrogen-bond donors (Lipinski definition) is 1. The Balaban J connectivity index is 2.75. The van der Waals surface area contributed by atoms with E-state index >= 15 is 0 Å². The average Bonchev–Trinajstić information content (AvgIpc) is 2.27. The molecule has 0 aliphatic carbocycles. The summed E-state index contributed by atoms with van der Waals surface area (Å²) in [6.45, 7) is 5.25. The largest absolute Gasteiger partial charge is 0.444 e. The summed E-state index contributed by atoms with van der Waals surface area (Å²) in [5.74, 6) is -0.370. The molecule has 4 nitrogen and oxygen atoms in total. The van der Waals surface area contributed by atoms with E-state index < -0.39 is 17.7 Å². The van der Waals surface area contributed by atoms with Gasteiger partial charge in [0.1, 0.15) is 17.7 Å². The molecule has 0 aliphatic heterocycles. The van der Waals surface area contributed by atoms with Crippen LogP contribution in [0, 0.1) is 5.82 Å². The van der Waals surface area contributed by atoms with Gasteiger partial charge in [0.25, 0.3) is 0 Å². The minimum absolute atomic E-state index is 0.102. The van der Waals surface area contributed by atoms with E-state index in [0.29, 0.717) is 11.8 Å². The van der Waals surface area contributed by atoms with E-state index in [-0.39, 0.29) is 12.2 Å². The highest BCUT2D eigenvalue weighted by atomic mass is 19.1. The molecular formula is C14H18FNO3. The van der Waals surface area contributed by atoms with Crippen LogP contribution in [0.15, 0.2) is 24.3 Å². The molecular weight excluding hydrogens is 249 g/mol. The van der Waals surface area contributed by atoms with E-state index in [9.17, 15) is 14.0 Å². The number of halogens is 1. The van der Waals surface area contributed by atoms with Gasteiger partial charge in [-0.2, -0.15) is 0 Å². The van der Waals surface area contributed by atoms with Crippen LogP contribution in [0.4, 0.5) is 9.18 Å². The molecule has 1 aromatic carbocycles. The van der Waals surface area contributed by atoms with Crippen LogP contribution in [-0.4, -0.2) is 18.0 Å². The van der Waals surface area contributed by atoms with Gasteiger partial charge in [-0.25, -0.2) is 9.18 Å². The maximum absolute atomic E-state index is 12.8. The molecule has 1 rings (SSSR count). The molecule has 0 bridgehead atoms. The van der Waals surface area contributed by atoms with Gasteiger partial charge in [0, 0.05) is 6.42 Å². The predicted octanol–water partition coefficient (Wildman–Crippen LogP) is 2.98. The molecule has 1 N–H and O–H groups in total. The van der Waals surface area contributed by atoms with Gasteiger partial charge in [-0.05, 0) is 38.5 Å². The molecule has 1 amide bonds. The highest BCUT2D eigenvalue weighted by Gasteiger charge is 2.20. The molecule has 0 saturated carbocycles. The first-order valence-electron chi connectivity index (χ1n) is 6.00. The van der Waals surface area contributed by atoms with Crippen LogP contribution in [0.3, 0.4) is 0 Å². The zero-order chi connectivity index (χ0) is 14.5. The highest BCUT2D eigenvalue weighted by Crippen LogP contribution is 2.17. The first-order valence-corrected chi connectivity index (χ1v) is 6.00. The summed E-state index contributed by atoms with van der Waals surface area (Å²) in [5, 5.41) is 2.60. The third-order valence-corrected chi connectivity index (χ3v) is 2.30. The quantitative estimate of drug-likeness (QED) is 0.853. The minimum Gasteiger partial charge on any atom is -0.444 e. The van der Waals surface area contributed by atoms with Gasteiger partial charge in [0.15, 0.2) is 0 Å². The number of ether oxygens (including phenoxy) is 1. The number of alkyl carbamates (subject to hydrolysis) is 1. The zero-order valence-corrected chi connectivity index (χ0v) is 11.3. The van der Waals surface area contributed by atoms with Gasteiger partial charge in [-0.1, -0.05) is 12.1 Å². The number of nitrogens with one attached hydrogen (secondary N) is 1. The van der Waals surface area contributed by atoms with E-state index in [1.807, 2.05) is 0 Å². The second kappa shape index (κ2) is 6.31. The normalized spacial score (nSPS) is 12.6. The van der Waals surface area contributed by atoms with E-state index in [2.05, 4.69) is 5.32 Å². The number of hydrogen-bond acceptors (Lipinski definition) is 3. The molecule has 0 heterocycles. The van der Waals surface area contributed by atoms with Crippen LogP contribution in [0.5, 0.6) is 0 Å². The molecule has 104 valence electrons. The second-order valence-corrected chi connectivity index (χ2v) is 5.15. The first-order chi connectivity index (χ1) is 8.81. The summed E-state index contributed by atoms with van der Waals surface area (Å²) >= 11 is 0. The number of carbonyl (C=O) groups is 2. The van der Waals surface area contributed by atoms with Crippen molar-refractivity contribution in [3.05, 3.63) is 35.6 Å². The molecule has 1 unspecified atom stereocenters. The summed E-state index contributed by atoms with van der Waals surface area (Å²) in [6, 6.07) is 5.10. The molecule has 1 aromatic rings. The number of aldehydes is 1. The summed E-state index contributed by atoms with van der Waals surface area (Å²) in [7, 11) is 0. The maximum Gasteiger partial charge on any atom is 0.408 e. The third-order valence-electron chi connectivity index (χ3n) is 2.30. The lowest BCUT2D eigenvalue weighted by molar-refractivity contribution is -0.108. The van der Waals surface area contributed by atoms with Gasteiger partial charge < -0.3 is 14.8 Å². The lowest BCUT2D eigenvalue weighted by Crippen LogP contribution is -2.35. The summed E-state index contributed by atoms with van der Waals surface area (Å²) in [4.78, 5) is 22.3. The molecule has 0 spiro atoms. The Hall–Kier alpha value is -1.91. The van der Waals surface area contributed by atoms with Crippen LogP contribution >= 0.6 is 0 Å². The molecule has 0 radical (unpaired) electrons. The van der Waals surface area contributed by atoms with Gasteiger partial charge in [0.05, 0.1) is 6.04 Å². The van der Waals surface area contributed by atoms with Crippen LogP contribution in [0.2, 0.25) is 0 Å². The van der Waals surface area contributed by atoms with Crippen molar-refractivity contribution in [3.8, 4) is 0 Å². The fourth-order valence-corrected chi connectivity index (χ4v) is 1.52. The fraction of sp³-hybridized carbons (Fsp3) is 0.429. The number of rotatable bonds is 4. The van der Waals surface area contributed by atoms with E-state index in [1.165, 1.54) is 24.3 Å². The smallest absolute Gasteiger partial charge is 0.408 e. The number of amides is 1. The zero-order valence-electron chi connectivity index (χ0n) is 11.3. The molecule has 0 aromatic heterocycles. The van der Waals surface area contributed by atoms with Crippen LogP contribution in [0.1, 0.15) is 38.8 Å². The second-order valence-electron chi connectivity index (χ2n) is 5.15. The fourth-order valence-electron chi connectivity index (χ4n) is 1.52. The Labute approximate surface area is 112 Å². The van der Waals surface area contributed by atoms with Crippen LogP contribution in [0.25, 0.3) is 0 Å². The van der Waals surface area contributed by atoms with Crippen molar-refractivity contribution in [1.82, 2.24) is 5.32 Å². The SMILES string of the molecule is CC(C)(C)OC(=O)NC(CC=O)c1ccc(F)cc1. The van der Waals surface area contributed by atoms with Crippen LogP contribution < -0.4 is 5.32 Å². The van der Waals surface area contributed by atoms with E-state index in [0.717, 1.165) is 0 Å². The van der Waals surface area contributed by atoms with Gasteiger partial charge >= 0.3 is 6.09 Å². The van der Waals surface area contributed by atoms with E-state index in [1.54, 1.807) is 20.8 Å². The molecule has 0 aliphatic rings. The summed E-state index contributed by atoms with van der Waals surface area (Å²) in [5.41, 5.74) is 0.0397. The van der Waals surface area contributed by atoms with Crippen molar-refractivity contribution in [3.63, 3.8) is 0 Å². The number of benzene rings is 1. The summed E-state index contributed by atoms with van der Waals surface area (Å²) < 4.78 is 18.0. The molecule has 0 saturated heterocycles. The van der Waals surface area contributed by atoms with Gasteiger partial charge in [0.2, 0.25) is 0 Å². The molecule has 1 atom stereocenters. The summed E-state index contributed by atoms with van der Waals surface area (Å²) in [6.07, 6.45) is 0.194. The van der Waals surface area contributed by atoms with Crippen molar-refractivity contribution in [1.29, 1.82) is 0 Å². The Bertz CT molecular complexity index is 437. The van der Waals surface area contributed by atoms with Crippen LogP contribution in [-0.2, 0) is 9.53 Å². The molecule has 0 fully saturated rings. The Kier molecular flexibility index (Phi) is 5.03. The maximum atomic E-state index is 12.8. The van der Waals surface area contributed by atoms with Gasteiger partial charge in [-0.15, -0.1) is 0 Å². The lowest BCUT2D eigenvalue weighted by atomic mass is 10.0. The van der Waals surface area contributed by atoms with E-state index in [4.69, 9.17) is 4.74 Å². The van der Waals surface area contributed by atoms with Crippen molar-refractivity contribution < 1.29 is 18.7 Å². The molecule has 5 heteroatoms. The Morgan fingerprint density at radius 1 is 1.37 bits per heavy atom. The van der Waals surface area contributed by atoms with Crippen molar-refractivity contribution in [2.24, 2.45) is 0 Å². The Morgan fingerprint density at radius 2 is 1.95 bits per heavy atom. The Morgan fingerprint density at radius 3 is 2.42 bits per heavy atom. The highest BCUT2D eigenvalue weighted by molar-refractivity contribution is 5.69. The van der Waals surface area contributed by atoms with Crippen molar-refractivity contribution in [2.45, 2.75) is 38.8 Å². The number of carbonyl (C=O) groups excluding carboxylic acids is 2. The molecule has 19 heavy (non-hydrogen) atoms. The average molecular weight is 267 g/mol.